The molecule has 14 nitrogen and oxygen atoms in total. The van der Waals surface area contributed by atoms with Crippen molar-refractivity contribution in [2.24, 2.45) is 13.0 Å². The molecule has 6 aromatic rings. The van der Waals surface area contributed by atoms with Crippen LogP contribution >= 0.6 is 11.3 Å². The quantitative estimate of drug-likeness (QED) is 0.0997. The minimum absolute atomic E-state index is 0.119. The third kappa shape index (κ3) is 8.22. The topological polar surface area (TPSA) is 169 Å². The van der Waals surface area contributed by atoms with Crippen LogP contribution in [0.15, 0.2) is 76.8 Å². The number of nitrogens with one attached hydrogen (secondary N) is 1. The highest BCUT2D eigenvalue weighted by molar-refractivity contribution is 7.13. The van der Waals surface area contributed by atoms with Crippen molar-refractivity contribution in [1.29, 1.82) is 0 Å². The monoisotopic (exact) mass is 819 g/mol. The minimum Gasteiger partial charge on any atom is -0.507 e. The Morgan fingerprint density at radius 2 is 1.81 bits per heavy atom. The molecule has 2 saturated heterocycles. The van der Waals surface area contributed by atoms with Gasteiger partial charge in [-0.15, -0.1) is 21.5 Å². The van der Waals surface area contributed by atoms with Gasteiger partial charge in [-0.2, -0.15) is 0 Å². The molecule has 0 bridgehead atoms. The molecule has 1 unspecified atom stereocenters. The molecule has 4 aromatic heterocycles. The number of aliphatic hydroxyl groups is 2. The number of benzene rings is 2. The lowest BCUT2D eigenvalue weighted by Gasteiger charge is -2.40. The van der Waals surface area contributed by atoms with Crippen LogP contribution in [0.4, 0.5) is 5.82 Å². The highest BCUT2D eigenvalue weighted by Gasteiger charge is 2.43. The van der Waals surface area contributed by atoms with Crippen LogP contribution in [-0.4, -0.2) is 114 Å². The first-order valence-electron chi connectivity index (χ1n) is 20.3. The van der Waals surface area contributed by atoms with Gasteiger partial charge < -0.3 is 39.1 Å². The Labute approximate surface area is 348 Å². The number of para-hydroxylation sites is 1. The SMILES string of the molecule is Cc1ncsc1-c1ccc([C@H](C)NC(O)[C@@H]2C[C@@H](O)CN2C(=O)[C@@H](c2cc(N(C)CCN3CC(c4cc5nnc(-c6ccccc6O)cc5n4C)C3)no2)C(C)C)cc1. The zero-order valence-electron chi connectivity index (χ0n) is 34.4. The van der Waals surface area contributed by atoms with E-state index in [2.05, 4.69) is 60.4 Å². The fraction of sp³-hybridized carbons (Fsp3) is 0.432. The fourth-order valence-corrected chi connectivity index (χ4v) is 9.39. The summed E-state index contributed by atoms with van der Waals surface area (Å²) < 4.78 is 8.04. The second-order valence-electron chi connectivity index (χ2n) is 16.5. The number of hydrogen-bond donors (Lipinski definition) is 4. The van der Waals surface area contributed by atoms with Crippen molar-refractivity contribution in [3.63, 3.8) is 0 Å². The fourth-order valence-electron chi connectivity index (χ4n) is 8.58. The number of phenolic OH excluding ortho intramolecular Hbond substituents is 1. The number of likely N-dealkylation sites (N-methyl/N-ethyl adjacent to an activating group) is 1. The number of thiazole rings is 1. The van der Waals surface area contributed by atoms with Crippen LogP contribution in [0.1, 0.15) is 67.8 Å². The predicted molar refractivity (Wildman–Crippen MR) is 228 cm³/mol. The van der Waals surface area contributed by atoms with E-state index in [0.717, 1.165) is 52.4 Å². The zero-order valence-corrected chi connectivity index (χ0v) is 35.2. The summed E-state index contributed by atoms with van der Waals surface area (Å²) in [4.78, 5) is 25.8. The average molecular weight is 820 g/mol. The maximum atomic E-state index is 14.3. The van der Waals surface area contributed by atoms with E-state index >= 15 is 0 Å². The average Bonchev–Trinajstić information content (AvgIpc) is 4.01. The zero-order chi connectivity index (χ0) is 41.5. The van der Waals surface area contributed by atoms with Crippen LogP contribution in [0.3, 0.4) is 0 Å². The first kappa shape index (κ1) is 40.6. The second kappa shape index (κ2) is 16.8. The molecular formula is C44H53N9O5S. The number of carbonyl (C=O) groups excluding carboxylic acids is 1. The Hall–Kier alpha value is -5.19. The van der Waals surface area contributed by atoms with E-state index in [-0.39, 0.29) is 36.6 Å². The van der Waals surface area contributed by atoms with Gasteiger partial charge in [-0.3, -0.25) is 10.1 Å². The number of hydrogen-bond acceptors (Lipinski definition) is 13. The Bertz CT molecular complexity index is 2400. The van der Waals surface area contributed by atoms with Crippen molar-refractivity contribution >= 4 is 34.1 Å². The van der Waals surface area contributed by atoms with Crippen molar-refractivity contribution < 1.29 is 24.6 Å². The van der Waals surface area contributed by atoms with Gasteiger partial charge in [-0.05, 0) is 61.6 Å². The number of amides is 1. The van der Waals surface area contributed by atoms with E-state index in [1.54, 1.807) is 28.4 Å². The van der Waals surface area contributed by atoms with E-state index in [1.165, 1.54) is 5.69 Å². The molecule has 5 atom stereocenters. The van der Waals surface area contributed by atoms with Crippen molar-refractivity contribution in [2.45, 2.75) is 70.4 Å². The van der Waals surface area contributed by atoms with Gasteiger partial charge in [0.1, 0.15) is 23.4 Å². The number of rotatable bonds is 14. The van der Waals surface area contributed by atoms with Gasteiger partial charge in [0.2, 0.25) is 5.91 Å². The van der Waals surface area contributed by atoms with Crippen molar-refractivity contribution in [3.8, 4) is 27.4 Å². The first-order valence-corrected chi connectivity index (χ1v) is 21.2. The standard InChI is InChI=1S/C44H53N9O5S/c1-25(2)41(44(57)53-23-31(54)17-37(53)43(56)46-26(3)28-11-13-29(14-12-28)42-27(4)45-24-59-42)39-20-40(49-58-39)50(5)15-16-52-21-30(22-52)35-19-34-36(51(35)6)18-33(47-48-34)32-9-7-8-10-38(32)55/h7-14,18-20,24-26,30-31,37,41,43,46,54-56H,15-17,21-23H2,1-6H3/t26-,31+,37-,41+,43?/m0/s1. The van der Waals surface area contributed by atoms with E-state index in [1.807, 2.05) is 81.6 Å². The normalized spacial score (nSPS) is 19.0. The lowest BCUT2D eigenvalue weighted by molar-refractivity contribution is -0.138. The maximum Gasteiger partial charge on any atom is 0.234 e. The van der Waals surface area contributed by atoms with Crippen LogP contribution in [-0.2, 0) is 11.8 Å². The van der Waals surface area contributed by atoms with E-state index < -0.39 is 24.3 Å². The molecule has 4 N–H and O–H groups in total. The number of β-amino-alcohol motifs (C(OH)–C–C–N with tert-alkyl or cyclic N) is 1. The summed E-state index contributed by atoms with van der Waals surface area (Å²) >= 11 is 1.61. The number of aryl methyl sites for hydroxylation is 2. The maximum absolute atomic E-state index is 14.3. The second-order valence-corrected chi connectivity index (χ2v) is 17.4. The largest absolute Gasteiger partial charge is 0.507 e. The number of nitrogens with zero attached hydrogens (tertiary/aromatic N) is 8. The van der Waals surface area contributed by atoms with Gasteiger partial charge in [-0.1, -0.05) is 55.4 Å². The van der Waals surface area contributed by atoms with E-state index in [4.69, 9.17) is 4.52 Å². The van der Waals surface area contributed by atoms with Gasteiger partial charge >= 0.3 is 0 Å². The van der Waals surface area contributed by atoms with Gasteiger partial charge in [0.25, 0.3) is 0 Å². The van der Waals surface area contributed by atoms with Crippen molar-refractivity contribution in [1.82, 2.24) is 40.0 Å². The number of carbonyl (C=O) groups is 1. The first-order chi connectivity index (χ1) is 28.4. The van der Waals surface area contributed by atoms with Crippen LogP contribution in [0.5, 0.6) is 5.75 Å². The summed E-state index contributed by atoms with van der Waals surface area (Å²) in [6.07, 6.45) is -1.55. The molecule has 2 aliphatic rings. The number of anilines is 1. The van der Waals surface area contributed by atoms with Gasteiger partial charge in [-0.25, -0.2) is 4.98 Å². The number of aromatic nitrogens is 5. The summed E-state index contributed by atoms with van der Waals surface area (Å²) in [7, 11) is 4.03. The number of aliphatic hydroxyl groups excluding tert-OH is 2. The molecule has 2 aliphatic heterocycles. The van der Waals surface area contributed by atoms with Crippen LogP contribution in [0, 0.1) is 12.8 Å². The van der Waals surface area contributed by atoms with Gasteiger partial charge in [0.05, 0.1) is 39.4 Å². The van der Waals surface area contributed by atoms with Crippen LogP contribution < -0.4 is 10.2 Å². The summed E-state index contributed by atoms with van der Waals surface area (Å²) in [6, 6.07) is 20.5. The molecule has 0 aliphatic carbocycles. The minimum atomic E-state index is -1.06. The third-order valence-corrected chi connectivity index (χ3v) is 13.1. The Morgan fingerprint density at radius 1 is 1.05 bits per heavy atom. The number of likely N-dealkylation sites (tertiary alicyclic amines) is 2. The summed E-state index contributed by atoms with van der Waals surface area (Å²) in [5.41, 5.74) is 9.25. The number of aromatic hydroxyl groups is 1. The molecule has 2 aromatic carbocycles. The number of fused-ring (bicyclic) bond motifs is 1. The highest BCUT2D eigenvalue weighted by atomic mass is 32.1. The molecule has 1 amide bonds. The predicted octanol–water partition coefficient (Wildman–Crippen LogP) is 5.67. The van der Waals surface area contributed by atoms with E-state index in [0.29, 0.717) is 35.3 Å². The molecule has 59 heavy (non-hydrogen) atoms. The molecule has 0 saturated carbocycles. The molecule has 8 rings (SSSR count). The van der Waals surface area contributed by atoms with Gasteiger partial charge in [0.15, 0.2) is 11.6 Å². The summed E-state index contributed by atoms with van der Waals surface area (Å²) in [5.74, 6) is 0.691. The molecule has 2 fully saturated rings. The van der Waals surface area contributed by atoms with Crippen LogP contribution in [0.25, 0.3) is 32.7 Å². The highest BCUT2D eigenvalue weighted by Crippen LogP contribution is 2.36. The third-order valence-electron chi connectivity index (χ3n) is 12.1. The Balaban J connectivity index is 0.863. The van der Waals surface area contributed by atoms with Crippen LogP contribution in [0.2, 0.25) is 0 Å². The summed E-state index contributed by atoms with van der Waals surface area (Å²) in [6.45, 7) is 11.4. The molecule has 0 radical (unpaired) electrons. The Morgan fingerprint density at radius 3 is 2.53 bits per heavy atom. The molecule has 15 heteroatoms. The molecular weight excluding hydrogens is 767 g/mol. The molecule has 6 heterocycles. The van der Waals surface area contributed by atoms with E-state index in [9.17, 15) is 20.1 Å². The lowest BCUT2D eigenvalue weighted by atomic mass is 9.91. The summed E-state index contributed by atoms with van der Waals surface area (Å²) in [5, 5.41) is 49.0. The molecule has 0 spiro atoms. The Kier molecular flexibility index (Phi) is 11.6. The van der Waals surface area contributed by atoms with Gasteiger partial charge in [0, 0.05) is 76.1 Å². The molecule has 310 valence electrons. The van der Waals surface area contributed by atoms with Crippen molar-refractivity contribution in [2.75, 3.05) is 44.7 Å². The van der Waals surface area contributed by atoms with Crippen molar-refractivity contribution in [3.05, 3.63) is 95.0 Å². The lowest BCUT2D eigenvalue weighted by Crippen LogP contribution is -2.51. The smallest absolute Gasteiger partial charge is 0.234 e. The number of phenols is 1.